The number of carboxylic acid groups (broad SMARTS) is 1. The maximum absolute atomic E-state index is 10.8. The maximum Gasteiger partial charge on any atom is 0.371 e. The van der Waals surface area contributed by atoms with Gasteiger partial charge in [0.1, 0.15) is 11.4 Å². The number of aliphatic hydroxyl groups is 1. The quantitative estimate of drug-likeness (QED) is 0.859. The van der Waals surface area contributed by atoms with E-state index in [0.717, 1.165) is 12.8 Å². The molecule has 4 heteroatoms. The summed E-state index contributed by atoms with van der Waals surface area (Å²) in [6, 6.07) is 3.03. The van der Waals surface area contributed by atoms with Crippen molar-refractivity contribution in [1.82, 2.24) is 0 Å². The van der Waals surface area contributed by atoms with Crippen LogP contribution in [0.15, 0.2) is 16.5 Å². The molecule has 2 fully saturated rings. The molecule has 4 nitrogen and oxygen atoms in total. The van der Waals surface area contributed by atoms with E-state index < -0.39 is 11.6 Å². The van der Waals surface area contributed by atoms with Gasteiger partial charge in [0.25, 0.3) is 0 Å². The molecule has 3 rings (SSSR count). The minimum atomic E-state index is -1.09. The van der Waals surface area contributed by atoms with Crippen LogP contribution in [-0.2, 0) is 5.60 Å². The molecule has 2 saturated carbocycles. The fourth-order valence-corrected chi connectivity index (χ4v) is 3.77. The Morgan fingerprint density at radius 1 is 1.05 bits per heavy atom. The molecule has 0 atom stereocenters. The number of hydrogen-bond acceptors (Lipinski definition) is 3. The molecule has 0 aliphatic heterocycles. The van der Waals surface area contributed by atoms with E-state index in [9.17, 15) is 9.90 Å². The standard InChI is InChI=1S/C15H20O4/c16-13(17)11-3-4-12(19-11)15(18)9-7-14(8-10-15)5-1-2-6-14/h3-4,18H,1-2,5-10H2,(H,16,17). The Morgan fingerprint density at radius 3 is 2.21 bits per heavy atom. The lowest BCUT2D eigenvalue weighted by Crippen LogP contribution is -2.35. The molecule has 104 valence electrons. The largest absolute Gasteiger partial charge is 0.475 e. The lowest BCUT2D eigenvalue weighted by atomic mass is 9.67. The van der Waals surface area contributed by atoms with Crippen LogP contribution in [0.3, 0.4) is 0 Å². The highest BCUT2D eigenvalue weighted by Gasteiger charge is 2.45. The Bertz CT molecular complexity index is 472. The molecule has 2 N–H and O–H groups in total. The van der Waals surface area contributed by atoms with Crippen LogP contribution in [-0.4, -0.2) is 16.2 Å². The average molecular weight is 264 g/mol. The number of furan rings is 1. The smallest absolute Gasteiger partial charge is 0.371 e. The van der Waals surface area contributed by atoms with Crippen molar-refractivity contribution in [1.29, 1.82) is 0 Å². The fourth-order valence-electron chi connectivity index (χ4n) is 3.77. The van der Waals surface area contributed by atoms with Crippen LogP contribution < -0.4 is 0 Å². The molecular weight excluding hydrogens is 244 g/mol. The predicted octanol–water partition coefficient (Wildman–Crippen LogP) is 3.30. The van der Waals surface area contributed by atoms with Crippen molar-refractivity contribution in [2.24, 2.45) is 5.41 Å². The molecule has 1 heterocycles. The van der Waals surface area contributed by atoms with Gasteiger partial charge in [0.05, 0.1) is 0 Å². The minimum absolute atomic E-state index is 0.0930. The van der Waals surface area contributed by atoms with Gasteiger partial charge >= 0.3 is 5.97 Å². The van der Waals surface area contributed by atoms with Gasteiger partial charge in [0.2, 0.25) is 5.76 Å². The van der Waals surface area contributed by atoms with Crippen molar-refractivity contribution < 1.29 is 19.4 Å². The highest BCUT2D eigenvalue weighted by atomic mass is 16.4. The van der Waals surface area contributed by atoms with Crippen molar-refractivity contribution in [3.63, 3.8) is 0 Å². The van der Waals surface area contributed by atoms with Crippen LogP contribution in [0, 0.1) is 5.41 Å². The third-order valence-corrected chi connectivity index (χ3v) is 5.08. The van der Waals surface area contributed by atoms with Crippen LogP contribution >= 0.6 is 0 Å². The first-order valence-electron chi connectivity index (χ1n) is 7.09. The summed E-state index contributed by atoms with van der Waals surface area (Å²) in [7, 11) is 0. The number of rotatable bonds is 2. The molecule has 0 radical (unpaired) electrons. The topological polar surface area (TPSA) is 70.7 Å². The van der Waals surface area contributed by atoms with Gasteiger partial charge in [0.15, 0.2) is 0 Å². The number of carboxylic acids is 1. The summed E-state index contributed by atoms with van der Waals surface area (Å²) in [5, 5.41) is 19.6. The third-order valence-electron chi connectivity index (χ3n) is 5.08. The van der Waals surface area contributed by atoms with Crippen molar-refractivity contribution in [3.05, 3.63) is 23.7 Å². The van der Waals surface area contributed by atoms with Crippen molar-refractivity contribution in [2.45, 2.75) is 57.0 Å². The zero-order valence-corrected chi connectivity index (χ0v) is 11.0. The van der Waals surface area contributed by atoms with E-state index in [1.54, 1.807) is 6.07 Å². The molecule has 1 aromatic rings. The van der Waals surface area contributed by atoms with Gasteiger partial charge in [-0.1, -0.05) is 12.8 Å². The van der Waals surface area contributed by atoms with Crippen molar-refractivity contribution >= 4 is 5.97 Å². The molecule has 2 aliphatic rings. The zero-order valence-electron chi connectivity index (χ0n) is 11.0. The summed E-state index contributed by atoms with van der Waals surface area (Å²) in [6.45, 7) is 0. The highest BCUT2D eigenvalue weighted by molar-refractivity contribution is 5.84. The van der Waals surface area contributed by atoms with E-state index in [1.807, 2.05) is 0 Å². The molecule has 0 amide bonds. The summed E-state index contributed by atoms with van der Waals surface area (Å²) in [5.74, 6) is -0.764. The third kappa shape index (κ3) is 2.18. The Labute approximate surface area is 112 Å². The first kappa shape index (κ1) is 12.7. The van der Waals surface area contributed by atoms with Crippen LogP contribution in [0.1, 0.15) is 67.7 Å². The van der Waals surface area contributed by atoms with Gasteiger partial charge in [-0.3, -0.25) is 0 Å². The minimum Gasteiger partial charge on any atom is -0.475 e. The van der Waals surface area contributed by atoms with E-state index >= 15 is 0 Å². The van der Waals surface area contributed by atoms with Crippen LogP contribution in [0.5, 0.6) is 0 Å². The predicted molar refractivity (Wildman–Crippen MR) is 68.9 cm³/mol. The zero-order chi connectivity index (χ0) is 13.5. The summed E-state index contributed by atoms with van der Waals surface area (Å²) in [4.78, 5) is 10.8. The van der Waals surface area contributed by atoms with E-state index in [2.05, 4.69) is 0 Å². The van der Waals surface area contributed by atoms with Gasteiger partial charge in [-0.25, -0.2) is 4.79 Å². The second-order valence-electron chi connectivity index (χ2n) is 6.21. The maximum atomic E-state index is 10.8. The fraction of sp³-hybridized carbons (Fsp3) is 0.667. The molecule has 0 aromatic carbocycles. The molecule has 0 bridgehead atoms. The first-order chi connectivity index (χ1) is 9.03. The van der Waals surface area contributed by atoms with Crippen molar-refractivity contribution in [3.8, 4) is 0 Å². The molecule has 0 saturated heterocycles. The second kappa shape index (κ2) is 4.37. The monoisotopic (exact) mass is 264 g/mol. The highest BCUT2D eigenvalue weighted by Crippen LogP contribution is 2.53. The van der Waals surface area contributed by atoms with Gasteiger partial charge < -0.3 is 14.6 Å². The summed E-state index contributed by atoms with van der Waals surface area (Å²) >= 11 is 0. The summed E-state index contributed by atoms with van der Waals surface area (Å²) in [5.41, 5.74) is -0.532. The lowest BCUT2D eigenvalue weighted by Gasteiger charge is -2.41. The molecule has 1 aromatic heterocycles. The Balaban J connectivity index is 1.75. The Hall–Kier alpha value is -1.29. The van der Waals surface area contributed by atoms with E-state index in [4.69, 9.17) is 9.52 Å². The van der Waals surface area contributed by atoms with E-state index in [1.165, 1.54) is 31.7 Å². The normalized spacial score (nSPS) is 24.7. The molecule has 19 heavy (non-hydrogen) atoms. The number of aromatic carboxylic acids is 1. The molecule has 2 aliphatic carbocycles. The van der Waals surface area contributed by atoms with E-state index in [0.29, 0.717) is 24.0 Å². The average Bonchev–Trinajstić information content (AvgIpc) is 3.04. The SMILES string of the molecule is O=C(O)c1ccc(C2(O)CCC3(CCCC3)CC2)o1. The van der Waals surface area contributed by atoms with Gasteiger partial charge in [-0.05, 0) is 56.1 Å². The molecular formula is C15H20O4. The van der Waals surface area contributed by atoms with Gasteiger partial charge in [0, 0.05) is 0 Å². The van der Waals surface area contributed by atoms with Crippen molar-refractivity contribution in [2.75, 3.05) is 0 Å². The molecule has 0 unspecified atom stereocenters. The van der Waals surface area contributed by atoms with Gasteiger partial charge in [-0.2, -0.15) is 0 Å². The molecule has 1 spiro atoms. The lowest BCUT2D eigenvalue weighted by molar-refractivity contribution is -0.0533. The van der Waals surface area contributed by atoms with Crippen LogP contribution in [0.4, 0.5) is 0 Å². The number of carbonyl (C=O) groups is 1. The van der Waals surface area contributed by atoms with Crippen LogP contribution in [0.2, 0.25) is 0 Å². The first-order valence-corrected chi connectivity index (χ1v) is 7.09. The second-order valence-corrected chi connectivity index (χ2v) is 6.21. The Morgan fingerprint density at radius 2 is 1.68 bits per heavy atom. The summed E-state index contributed by atoms with van der Waals surface area (Å²) in [6.07, 6.45) is 8.58. The van der Waals surface area contributed by atoms with E-state index in [-0.39, 0.29) is 5.76 Å². The Kier molecular flexibility index (Phi) is 2.93. The summed E-state index contributed by atoms with van der Waals surface area (Å²) < 4.78 is 5.29. The van der Waals surface area contributed by atoms with Crippen LogP contribution in [0.25, 0.3) is 0 Å². The number of hydrogen-bond donors (Lipinski definition) is 2. The van der Waals surface area contributed by atoms with Gasteiger partial charge in [-0.15, -0.1) is 0 Å².